The van der Waals surface area contributed by atoms with Gasteiger partial charge in [-0.3, -0.25) is 0 Å². The number of rotatable bonds is 1. The second-order valence-corrected chi connectivity index (χ2v) is 10.6. The average molecular weight is 304 g/mol. The van der Waals surface area contributed by atoms with Crippen molar-refractivity contribution in [2.24, 2.45) is 45.3 Å². The molecular weight excluding hydrogens is 272 g/mol. The van der Waals surface area contributed by atoms with Crippen molar-refractivity contribution >= 4 is 0 Å². The molecule has 9 atom stereocenters. The van der Waals surface area contributed by atoms with E-state index in [4.69, 9.17) is 0 Å². The van der Waals surface area contributed by atoms with Gasteiger partial charge >= 0.3 is 0 Å². The van der Waals surface area contributed by atoms with Gasteiger partial charge in [-0.15, -0.1) is 0 Å². The number of hydrogen-bond acceptors (Lipinski definition) is 2. The van der Waals surface area contributed by atoms with Gasteiger partial charge in [-0.2, -0.15) is 0 Å². The summed E-state index contributed by atoms with van der Waals surface area (Å²) in [6, 6.07) is 0. The molecule has 0 aromatic heterocycles. The highest BCUT2D eigenvalue weighted by atomic mass is 16.3. The maximum absolute atomic E-state index is 10.6. The van der Waals surface area contributed by atoms with Crippen molar-refractivity contribution in [1.29, 1.82) is 0 Å². The molecule has 0 heterocycles. The maximum Gasteiger partial charge on any atom is 0.0618 e. The molecule has 6 saturated carbocycles. The zero-order valence-corrected chi connectivity index (χ0v) is 14.4. The van der Waals surface area contributed by atoms with Crippen LogP contribution in [0.1, 0.15) is 65.7 Å². The summed E-state index contributed by atoms with van der Waals surface area (Å²) in [6.45, 7) is 7.40. The van der Waals surface area contributed by atoms with E-state index in [1.807, 2.05) is 0 Å². The first-order valence-corrected chi connectivity index (χ1v) is 9.59. The molecule has 0 aliphatic heterocycles. The highest BCUT2D eigenvalue weighted by molar-refractivity contribution is 5.27. The summed E-state index contributed by atoms with van der Waals surface area (Å²) < 4.78 is 0. The third kappa shape index (κ3) is 1.30. The molecule has 2 heteroatoms. The minimum Gasteiger partial charge on any atom is -0.396 e. The quantitative estimate of drug-likeness (QED) is 0.777. The number of fused-ring (bicyclic) bond motifs is 1. The molecule has 0 aromatic rings. The number of hydrogen-bond donors (Lipinski definition) is 2. The summed E-state index contributed by atoms with van der Waals surface area (Å²) in [5.74, 6) is 3.41. The molecule has 0 aromatic carbocycles. The van der Waals surface area contributed by atoms with Gasteiger partial charge in [-0.25, -0.2) is 0 Å². The van der Waals surface area contributed by atoms with Crippen LogP contribution in [0.5, 0.6) is 0 Å². The lowest BCUT2D eigenvalue weighted by molar-refractivity contribution is -0.205. The normalized spacial score (nSPS) is 68.3. The molecule has 2 N–H and O–H groups in total. The van der Waals surface area contributed by atoms with Crippen LogP contribution in [0.15, 0.2) is 0 Å². The van der Waals surface area contributed by atoms with E-state index in [0.29, 0.717) is 22.2 Å². The molecule has 1 unspecified atom stereocenters. The smallest absolute Gasteiger partial charge is 0.0618 e. The third-order valence-corrected chi connectivity index (χ3v) is 10.0. The summed E-state index contributed by atoms with van der Waals surface area (Å²) in [6.07, 6.45) is 8.78. The van der Waals surface area contributed by atoms with Crippen molar-refractivity contribution in [3.63, 3.8) is 0 Å². The van der Waals surface area contributed by atoms with E-state index in [2.05, 4.69) is 20.8 Å². The molecule has 1 spiro atoms. The van der Waals surface area contributed by atoms with Crippen LogP contribution in [0.2, 0.25) is 0 Å². The lowest BCUT2D eigenvalue weighted by Crippen LogP contribution is -2.62. The minimum absolute atomic E-state index is 0.151. The first-order chi connectivity index (χ1) is 10.3. The number of aliphatic hydroxyl groups is 2. The van der Waals surface area contributed by atoms with E-state index in [0.717, 1.165) is 24.2 Å². The van der Waals surface area contributed by atoms with Gasteiger partial charge in [0.25, 0.3) is 0 Å². The van der Waals surface area contributed by atoms with Gasteiger partial charge in [0, 0.05) is 5.41 Å². The Morgan fingerprint density at radius 1 is 0.955 bits per heavy atom. The van der Waals surface area contributed by atoms with Gasteiger partial charge in [0.05, 0.1) is 12.7 Å². The van der Waals surface area contributed by atoms with Gasteiger partial charge in [-0.1, -0.05) is 20.8 Å². The van der Waals surface area contributed by atoms with Crippen LogP contribution in [-0.2, 0) is 0 Å². The maximum atomic E-state index is 10.6. The molecule has 0 saturated heterocycles. The van der Waals surface area contributed by atoms with Crippen molar-refractivity contribution in [1.82, 2.24) is 0 Å². The molecule has 0 radical (unpaired) electrons. The molecule has 6 aliphatic rings. The van der Waals surface area contributed by atoms with Gasteiger partial charge in [0.2, 0.25) is 0 Å². The van der Waals surface area contributed by atoms with Crippen LogP contribution in [0.4, 0.5) is 0 Å². The molecule has 2 nitrogen and oxygen atoms in total. The van der Waals surface area contributed by atoms with E-state index in [-0.39, 0.29) is 18.1 Å². The van der Waals surface area contributed by atoms with E-state index in [9.17, 15) is 10.2 Å². The Labute approximate surface area is 134 Å². The zero-order valence-electron chi connectivity index (χ0n) is 14.4. The molecule has 6 rings (SSSR count). The lowest BCUT2D eigenvalue weighted by Gasteiger charge is -2.66. The fraction of sp³-hybridized carbons (Fsp3) is 1.00. The van der Waals surface area contributed by atoms with Gasteiger partial charge in [0.15, 0.2) is 0 Å². The topological polar surface area (TPSA) is 40.5 Å². The monoisotopic (exact) mass is 304 g/mol. The Bertz CT molecular complexity index is 532. The number of aliphatic hydroxyl groups excluding tert-OH is 2. The molecule has 0 amide bonds. The summed E-state index contributed by atoms with van der Waals surface area (Å²) >= 11 is 0. The third-order valence-electron chi connectivity index (χ3n) is 10.0. The second-order valence-electron chi connectivity index (χ2n) is 10.6. The standard InChI is InChI=1S/C20H32O2/c1-17-6-5-16(22)19(3,11-21)14(17)4-7-20-9-13-12(8-15(17)20)18(13,2)10-20/h12-16,21-22H,4-11H2,1-3H3/t12-,13?,14+,15+,16-,17-,18-,19-,20+/m1/s1. The van der Waals surface area contributed by atoms with E-state index >= 15 is 0 Å². The predicted octanol–water partition coefficient (Wildman–Crippen LogP) is 3.61. The molecule has 4 bridgehead atoms. The van der Waals surface area contributed by atoms with Crippen molar-refractivity contribution in [2.45, 2.75) is 71.8 Å². The fourth-order valence-electron chi connectivity index (χ4n) is 8.87. The summed E-state index contributed by atoms with van der Waals surface area (Å²) in [5, 5.41) is 20.7. The SMILES string of the molecule is C[C@@]1(CO)[C@H]2CC[C@@]34CC5[C@@H](C[C@H]3[C@]2(C)CC[C@H]1O)[C@@]5(C)C4. The minimum atomic E-state index is -0.312. The summed E-state index contributed by atoms with van der Waals surface area (Å²) in [5.41, 5.74) is 1.40. The van der Waals surface area contributed by atoms with E-state index in [1.165, 1.54) is 38.5 Å². The first-order valence-electron chi connectivity index (χ1n) is 9.59. The molecule has 6 aliphatic carbocycles. The Morgan fingerprint density at radius 3 is 2.36 bits per heavy atom. The first kappa shape index (κ1) is 14.3. The van der Waals surface area contributed by atoms with E-state index in [1.54, 1.807) is 0 Å². The molecule has 124 valence electrons. The Kier molecular flexibility index (Phi) is 2.45. The van der Waals surface area contributed by atoms with Crippen LogP contribution in [-0.4, -0.2) is 22.9 Å². The van der Waals surface area contributed by atoms with Crippen LogP contribution in [0, 0.1) is 45.3 Å². The highest BCUT2D eigenvalue weighted by Gasteiger charge is 2.78. The summed E-state index contributed by atoms with van der Waals surface area (Å²) in [7, 11) is 0. The highest BCUT2D eigenvalue weighted by Crippen LogP contribution is 2.85. The van der Waals surface area contributed by atoms with Crippen molar-refractivity contribution in [3.8, 4) is 0 Å². The van der Waals surface area contributed by atoms with Crippen LogP contribution in [0.25, 0.3) is 0 Å². The lowest BCUT2D eigenvalue weighted by atomic mass is 9.39. The fourth-order valence-corrected chi connectivity index (χ4v) is 8.87. The zero-order chi connectivity index (χ0) is 15.5. The molecular formula is C20H32O2. The molecule has 6 fully saturated rings. The predicted molar refractivity (Wildman–Crippen MR) is 86.1 cm³/mol. The van der Waals surface area contributed by atoms with Crippen molar-refractivity contribution in [3.05, 3.63) is 0 Å². The Hall–Kier alpha value is -0.0800. The summed E-state index contributed by atoms with van der Waals surface area (Å²) in [4.78, 5) is 0. The van der Waals surface area contributed by atoms with Crippen LogP contribution in [0.3, 0.4) is 0 Å². The average Bonchev–Trinajstić information content (AvgIpc) is 2.94. The van der Waals surface area contributed by atoms with Gasteiger partial charge in [-0.05, 0) is 84.9 Å². The van der Waals surface area contributed by atoms with Crippen molar-refractivity contribution in [2.75, 3.05) is 6.61 Å². The Morgan fingerprint density at radius 2 is 1.73 bits per heavy atom. The molecule has 22 heavy (non-hydrogen) atoms. The Balaban J connectivity index is 1.55. The van der Waals surface area contributed by atoms with Gasteiger partial charge in [0.1, 0.15) is 0 Å². The van der Waals surface area contributed by atoms with Crippen LogP contribution < -0.4 is 0 Å². The van der Waals surface area contributed by atoms with Crippen LogP contribution >= 0.6 is 0 Å². The largest absolute Gasteiger partial charge is 0.396 e. The van der Waals surface area contributed by atoms with E-state index < -0.39 is 0 Å². The van der Waals surface area contributed by atoms with Crippen molar-refractivity contribution < 1.29 is 10.2 Å². The second kappa shape index (κ2) is 3.77. The van der Waals surface area contributed by atoms with Gasteiger partial charge < -0.3 is 10.2 Å².